The summed E-state index contributed by atoms with van der Waals surface area (Å²) >= 11 is 0. The van der Waals surface area contributed by atoms with Gasteiger partial charge in [0.2, 0.25) is 0 Å². The monoisotopic (exact) mass is 304 g/mol. The van der Waals surface area contributed by atoms with Gasteiger partial charge in [-0.25, -0.2) is 0 Å². The highest BCUT2D eigenvalue weighted by molar-refractivity contribution is 5.91. The fraction of sp³-hybridized carbons (Fsp3) is 0.312. The summed E-state index contributed by atoms with van der Waals surface area (Å²) in [5, 5.41) is 6.02. The van der Waals surface area contributed by atoms with E-state index in [9.17, 15) is 4.79 Å². The standard InChI is InChI=1S/C16H20N2O4/c1-20-13-6-5-12(15(10-13)21-2)11-17-7-8-18-16(19)14-4-3-9-22-14/h3-6,9-10,17H,7-8,11H2,1-2H3,(H,18,19). The lowest BCUT2D eigenvalue weighted by atomic mass is 10.2. The molecule has 22 heavy (non-hydrogen) atoms. The molecular weight excluding hydrogens is 284 g/mol. The smallest absolute Gasteiger partial charge is 0.287 e. The topological polar surface area (TPSA) is 72.7 Å². The van der Waals surface area contributed by atoms with Gasteiger partial charge in [-0.2, -0.15) is 0 Å². The van der Waals surface area contributed by atoms with E-state index < -0.39 is 0 Å². The van der Waals surface area contributed by atoms with Crippen LogP contribution in [0.1, 0.15) is 16.1 Å². The van der Waals surface area contributed by atoms with Gasteiger partial charge in [-0.05, 0) is 18.2 Å². The summed E-state index contributed by atoms with van der Waals surface area (Å²) in [5.41, 5.74) is 1.03. The Morgan fingerprint density at radius 1 is 1.18 bits per heavy atom. The highest BCUT2D eigenvalue weighted by Gasteiger charge is 2.07. The number of furan rings is 1. The van der Waals surface area contributed by atoms with Gasteiger partial charge >= 0.3 is 0 Å². The van der Waals surface area contributed by atoms with Crippen molar-refractivity contribution in [2.75, 3.05) is 27.3 Å². The molecule has 0 bridgehead atoms. The fourth-order valence-corrected chi connectivity index (χ4v) is 1.98. The summed E-state index contributed by atoms with van der Waals surface area (Å²) in [4.78, 5) is 11.6. The van der Waals surface area contributed by atoms with Crippen molar-refractivity contribution in [3.63, 3.8) is 0 Å². The van der Waals surface area contributed by atoms with Crippen LogP contribution >= 0.6 is 0 Å². The lowest BCUT2D eigenvalue weighted by Gasteiger charge is -2.11. The Morgan fingerprint density at radius 3 is 2.73 bits per heavy atom. The minimum atomic E-state index is -0.214. The molecule has 0 spiro atoms. The molecule has 1 aromatic carbocycles. The Bertz CT molecular complexity index is 596. The number of benzene rings is 1. The normalized spacial score (nSPS) is 10.3. The first kappa shape index (κ1) is 15.9. The summed E-state index contributed by atoms with van der Waals surface area (Å²) in [7, 11) is 3.25. The number of nitrogens with one attached hydrogen (secondary N) is 2. The zero-order chi connectivity index (χ0) is 15.8. The van der Waals surface area contributed by atoms with Gasteiger partial charge in [0, 0.05) is 31.3 Å². The zero-order valence-electron chi connectivity index (χ0n) is 12.7. The molecule has 0 fully saturated rings. The van der Waals surface area contributed by atoms with Crippen molar-refractivity contribution in [2.24, 2.45) is 0 Å². The van der Waals surface area contributed by atoms with Gasteiger partial charge in [-0.1, -0.05) is 6.07 Å². The highest BCUT2D eigenvalue weighted by atomic mass is 16.5. The van der Waals surface area contributed by atoms with Gasteiger partial charge in [0.15, 0.2) is 5.76 Å². The fourth-order valence-electron chi connectivity index (χ4n) is 1.98. The Labute approximate surface area is 129 Å². The summed E-state index contributed by atoms with van der Waals surface area (Å²) in [6.45, 7) is 1.80. The maximum absolute atomic E-state index is 11.6. The average molecular weight is 304 g/mol. The molecule has 0 aliphatic heterocycles. The number of amides is 1. The summed E-state index contributed by atoms with van der Waals surface area (Å²) in [5.74, 6) is 1.63. The van der Waals surface area contributed by atoms with Gasteiger partial charge in [-0.15, -0.1) is 0 Å². The first-order valence-electron chi connectivity index (χ1n) is 6.98. The zero-order valence-corrected chi connectivity index (χ0v) is 12.7. The third-order valence-corrected chi connectivity index (χ3v) is 3.14. The maximum Gasteiger partial charge on any atom is 0.287 e. The highest BCUT2D eigenvalue weighted by Crippen LogP contribution is 2.24. The van der Waals surface area contributed by atoms with Crippen LogP contribution in [0.25, 0.3) is 0 Å². The van der Waals surface area contributed by atoms with Crippen molar-refractivity contribution in [1.29, 1.82) is 0 Å². The van der Waals surface area contributed by atoms with E-state index in [1.807, 2.05) is 18.2 Å². The molecule has 1 heterocycles. The van der Waals surface area contributed by atoms with E-state index in [1.54, 1.807) is 26.4 Å². The molecule has 2 aromatic rings. The van der Waals surface area contributed by atoms with Crippen LogP contribution in [0.3, 0.4) is 0 Å². The third-order valence-electron chi connectivity index (χ3n) is 3.14. The number of hydrogen-bond acceptors (Lipinski definition) is 5. The Balaban J connectivity index is 1.73. The molecule has 1 amide bonds. The van der Waals surface area contributed by atoms with E-state index in [4.69, 9.17) is 13.9 Å². The van der Waals surface area contributed by atoms with Crippen LogP contribution in [0.5, 0.6) is 11.5 Å². The molecule has 2 N–H and O–H groups in total. The average Bonchev–Trinajstić information content (AvgIpc) is 3.09. The van der Waals surface area contributed by atoms with Crippen LogP contribution in [0.2, 0.25) is 0 Å². The lowest BCUT2D eigenvalue weighted by Crippen LogP contribution is -2.31. The number of carbonyl (C=O) groups excluding carboxylic acids is 1. The van der Waals surface area contributed by atoms with Crippen molar-refractivity contribution in [2.45, 2.75) is 6.54 Å². The van der Waals surface area contributed by atoms with Crippen molar-refractivity contribution in [1.82, 2.24) is 10.6 Å². The molecule has 0 unspecified atom stereocenters. The molecule has 6 heteroatoms. The van der Waals surface area contributed by atoms with Crippen molar-refractivity contribution in [3.05, 3.63) is 47.9 Å². The summed E-state index contributed by atoms with van der Waals surface area (Å²) < 4.78 is 15.5. The largest absolute Gasteiger partial charge is 0.497 e. The second-order valence-corrected chi connectivity index (χ2v) is 4.59. The minimum absolute atomic E-state index is 0.214. The third kappa shape index (κ3) is 4.26. The molecule has 0 saturated heterocycles. The SMILES string of the molecule is COc1ccc(CNCCNC(=O)c2ccco2)c(OC)c1. The quantitative estimate of drug-likeness (QED) is 0.728. The van der Waals surface area contributed by atoms with Gasteiger partial charge < -0.3 is 24.5 Å². The maximum atomic E-state index is 11.6. The number of ether oxygens (including phenoxy) is 2. The van der Waals surface area contributed by atoms with E-state index in [0.717, 1.165) is 17.1 Å². The van der Waals surface area contributed by atoms with Gasteiger partial charge in [0.1, 0.15) is 11.5 Å². The van der Waals surface area contributed by atoms with Gasteiger partial charge in [0.05, 0.1) is 20.5 Å². The molecule has 0 saturated carbocycles. The molecular formula is C16H20N2O4. The van der Waals surface area contributed by atoms with Crippen LogP contribution in [-0.2, 0) is 6.54 Å². The van der Waals surface area contributed by atoms with E-state index in [0.29, 0.717) is 25.4 Å². The molecule has 1 aromatic heterocycles. The molecule has 0 atom stereocenters. The van der Waals surface area contributed by atoms with Crippen molar-refractivity contribution >= 4 is 5.91 Å². The van der Waals surface area contributed by atoms with Crippen molar-refractivity contribution < 1.29 is 18.7 Å². The van der Waals surface area contributed by atoms with Crippen LogP contribution in [0.15, 0.2) is 41.0 Å². The van der Waals surface area contributed by atoms with E-state index in [1.165, 1.54) is 6.26 Å². The van der Waals surface area contributed by atoms with Crippen LogP contribution in [0.4, 0.5) is 0 Å². The predicted molar refractivity (Wildman–Crippen MR) is 82.3 cm³/mol. The van der Waals surface area contributed by atoms with Crippen LogP contribution < -0.4 is 20.1 Å². The van der Waals surface area contributed by atoms with Crippen LogP contribution in [-0.4, -0.2) is 33.2 Å². The first-order chi connectivity index (χ1) is 10.7. The van der Waals surface area contributed by atoms with E-state index in [-0.39, 0.29) is 5.91 Å². The number of methoxy groups -OCH3 is 2. The van der Waals surface area contributed by atoms with E-state index >= 15 is 0 Å². The number of rotatable bonds is 8. The Morgan fingerprint density at radius 2 is 2.05 bits per heavy atom. The predicted octanol–water partition coefficient (Wildman–Crippen LogP) is 1.82. The molecule has 2 rings (SSSR count). The molecule has 6 nitrogen and oxygen atoms in total. The van der Waals surface area contributed by atoms with Gasteiger partial charge in [0.25, 0.3) is 5.91 Å². The number of carbonyl (C=O) groups is 1. The summed E-state index contributed by atoms with van der Waals surface area (Å²) in [6, 6.07) is 8.99. The molecule has 0 radical (unpaired) electrons. The van der Waals surface area contributed by atoms with Gasteiger partial charge in [-0.3, -0.25) is 4.79 Å². The Kier molecular flexibility index (Phi) is 5.85. The Hall–Kier alpha value is -2.47. The summed E-state index contributed by atoms with van der Waals surface area (Å²) in [6.07, 6.45) is 1.48. The minimum Gasteiger partial charge on any atom is -0.497 e. The second-order valence-electron chi connectivity index (χ2n) is 4.59. The molecule has 0 aliphatic rings. The number of hydrogen-bond donors (Lipinski definition) is 2. The van der Waals surface area contributed by atoms with Crippen molar-refractivity contribution in [3.8, 4) is 11.5 Å². The molecule has 0 aliphatic carbocycles. The van der Waals surface area contributed by atoms with Crippen LogP contribution in [0, 0.1) is 0 Å². The lowest BCUT2D eigenvalue weighted by molar-refractivity contribution is 0.0926. The first-order valence-corrected chi connectivity index (χ1v) is 6.98. The second kappa shape index (κ2) is 8.09. The molecule has 118 valence electrons. The van der Waals surface area contributed by atoms with E-state index in [2.05, 4.69) is 10.6 Å².